The molecule has 0 aromatic heterocycles. The second-order valence-corrected chi connectivity index (χ2v) is 4.23. The molecule has 6 heteroatoms. The first-order valence-corrected chi connectivity index (χ1v) is 6.43. The van der Waals surface area contributed by atoms with Gasteiger partial charge in [0.25, 0.3) is 5.95 Å². The molecule has 0 unspecified atom stereocenters. The van der Waals surface area contributed by atoms with E-state index in [1.165, 1.54) is 7.11 Å². The zero-order valence-electron chi connectivity index (χ0n) is 11.3. The number of hydrogen-bond donors (Lipinski definition) is 0. The van der Waals surface area contributed by atoms with Crippen molar-refractivity contribution < 1.29 is 22.6 Å². The van der Waals surface area contributed by atoms with Crippen LogP contribution in [0.2, 0.25) is 12.6 Å². The van der Waals surface area contributed by atoms with Gasteiger partial charge in [0, 0.05) is 0 Å². The van der Waals surface area contributed by atoms with E-state index in [0.717, 1.165) is 38.3 Å². The normalized spacial score (nSPS) is 12.4. The Bertz CT molecular complexity index is 234. The molecule has 0 spiro atoms. The lowest BCUT2D eigenvalue weighted by atomic mass is 9.59. The van der Waals surface area contributed by atoms with Gasteiger partial charge in [-0.05, 0) is 12.6 Å². The highest BCUT2D eigenvalue weighted by atomic mass is 19.4. The number of alkyl halides is 3. The zero-order valence-corrected chi connectivity index (χ0v) is 11.3. The largest absolute Gasteiger partial charge is 0.536 e. The minimum absolute atomic E-state index is 0.0674. The van der Waals surface area contributed by atoms with Gasteiger partial charge >= 0.3 is 13.1 Å². The number of ether oxygens (including phenoxy) is 1. The summed E-state index contributed by atoms with van der Waals surface area (Å²) in [5, 5.41) is 0. The van der Waals surface area contributed by atoms with Crippen molar-refractivity contribution in [1.82, 2.24) is 0 Å². The summed E-state index contributed by atoms with van der Waals surface area (Å²) < 4.78 is 46.6. The van der Waals surface area contributed by atoms with Crippen LogP contribution in [0.1, 0.15) is 39.5 Å². The molecule has 106 valence electrons. The summed E-state index contributed by atoms with van der Waals surface area (Å²) in [6, 6.07) is 0. The Morgan fingerprint density at radius 2 is 1.61 bits per heavy atom. The highest BCUT2D eigenvalue weighted by molar-refractivity contribution is 6.52. The SMILES string of the molecule is CCCCB(CCCC)O/C(=C\C(F)(F)F)OC. The first-order chi connectivity index (χ1) is 8.42. The van der Waals surface area contributed by atoms with E-state index in [1.807, 2.05) is 13.8 Å². The average Bonchev–Trinajstić information content (AvgIpc) is 2.29. The highest BCUT2D eigenvalue weighted by Gasteiger charge is 2.28. The van der Waals surface area contributed by atoms with Crippen molar-refractivity contribution in [3.8, 4) is 0 Å². The molecule has 0 aromatic rings. The fourth-order valence-corrected chi connectivity index (χ4v) is 1.56. The van der Waals surface area contributed by atoms with E-state index in [4.69, 9.17) is 4.65 Å². The molecule has 0 aliphatic carbocycles. The fourth-order valence-electron chi connectivity index (χ4n) is 1.56. The van der Waals surface area contributed by atoms with Gasteiger partial charge < -0.3 is 9.39 Å². The molecule has 0 radical (unpaired) electrons. The summed E-state index contributed by atoms with van der Waals surface area (Å²) in [6.07, 6.45) is 1.05. The number of methoxy groups -OCH3 is 1. The number of unbranched alkanes of at least 4 members (excludes halogenated alkanes) is 2. The lowest BCUT2D eigenvalue weighted by molar-refractivity contribution is -0.0857. The molecule has 0 aliphatic heterocycles. The Hall–Kier alpha value is -0.805. The summed E-state index contributed by atoms with van der Waals surface area (Å²) in [5.74, 6) is -0.445. The summed E-state index contributed by atoms with van der Waals surface area (Å²) >= 11 is 0. The van der Waals surface area contributed by atoms with Crippen molar-refractivity contribution in [2.24, 2.45) is 0 Å². The smallest absolute Gasteiger partial charge is 0.416 e. The molecule has 0 aliphatic rings. The van der Waals surface area contributed by atoms with Crippen molar-refractivity contribution in [2.45, 2.75) is 58.3 Å². The van der Waals surface area contributed by atoms with Gasteiger partial charge in [0.2, 0.25) is 0 Å². The van der Waals surface area contributed by atoms with Crippen molar-refractivity contribution in [3.05, 3.63) is 12.0 Å². The minimum atomic E-state index is -4.41. The van der Waals surface area contributed by atoms with Crippen molar-refractivity contribution in [3.63, 3.8) is 0 Å². The predicted octanol–water partition coefficient (Wildman–Crippen LogP) is 4.64. The molecule has 2 nitrogen and oxygen atoms in total. The van der Waals surface area contributed by atoms with E-state index < -0.39 is 12.1 Å². The molecule has 0 N–H and O–H groups in total. The molecule has 18 heavy (non-hydrogen) atoms. The molecular formula is C12H22BF3O2. The van der Waals surface area contributed by atoms with E-state index in [1.54, 1.807) is 0 Å². The number of allylic oxidation sites excluding steroid dienone is 1. The van der Waals surface area contributed by atoms with Crippen LogP contribution < -0.4 is 0 Å². The third-order valence-corrected chi connectivity index (χ3v) is 2.52. The lowest BCUT2D eigenvalue weighted by Gasteiger charge is -2.17. The zero-order chi connectivity index (χ0) is 14.0. The fraction of sp³-hybridized carbons (Fsp3) is 0.833. The Morgan fingerprint density at radius 3 is 1.94 bits per heavy atom. The number of rotatable bonds is 9. The summed E-state index contributed by atoms with van der Waals surface area (Å²) in [4.78, 5) is 0. The minimum Gasteiger partial charge on any atom is -0.536 e. The van der Waals surface area contributed by atoms with Crippen LogP contribution in [-0.2, 0) is 9.39 Å². The molecular weight excluding hydrogens is 244 g/mol. The van der Waals surface area contributed by atoms with Gasteiger partial charge in [-0.25, -0.2) is 0 Å². The topological polar surface area (TPSA) is 18.5 Å². The molecule has 0 rings (SSSR count). The Labute approximate surface area is 108 Å². The van der Waals surface area contributed by atoms with E-state index in [0.29, 0.717) is 0 Å². The molecule has 0 saturated carbocycles. The first kappa shape index (κ1) is 17.2. The molecule has 0 saturated heterocycles. The number of hydrogen-bond acceptors (Lipinski definition) is 2. The van der Waals surface area contributed by atoms with Crippen LogP contribution in [0.5, 0.6) is 0 Å². The maximum absolute atomic E-state index is 12.2. The van der Waals surface area contributed by atoms with Gasteiger partial charge in [-0.1, -0.05) is 39.5 Å². The monoisotopic (exact) mass is 266 g/mol. The Morgan fingerprint density at radius 1 is 1.11 bits per heavy atom. The molecule has 0 heterocycles. The molecule has 0 atom stereocenters. The van der Waals surface area contributed by atoms with Crippen LogP contribution in [0.15, 0.2) is 12.0 Å². The average molecular weight is 266 g/mol. The first-order valence-electron chi connectivity index (χ1n) is 6.43. The van der Waals surface area contributed by atoms with Crippen molar-refractivity contribution in [2.75, 3.05) is 7.11 Å². The second-order valence-electron chi connectivity index (χ2n) is 4.23. The van der Waals surface area contributed by atoms with Crippen LogP contribution in [-0.4, -0.2) is 20.2 Å². The van der Waals surface area contributed by atoms with Crippen LogP contribution >= 0.6 is 0 Å². The maximum atomic E-state index is 12.2. The van der Waals surface area contributed by atoms with Crippen molar-refractivity contribution in [1.29, 1.82) is 0 Å². The Kier molecular flexibility index (Phi) is 8.76. The standard InChI is InChI=1S/C12H22BF3O2/c1-4-6-8-13(9-7-5-2)18-11(17-3)10-12(14,15)16/h10H,4-9H2,1-3H3/b11-10-. The van der Waals surface area contributed by atoms with Crippen molar-refractivity contribution >= 4 is 6.92 Å². The number of halogens is 3. The van der Waals surface area contributed by atoms with E-state index >= 15 is 0 Å². The van der Waals surface area contributed by atoms with Gasteiger partial charge in [0.05, 0.1) is 13.2 Å². The van der Waals surface area contributed by atoms with E-state index in [-0.39, 0.29) is 13.0 Å². The van der Waals surface area contributed by atoms with Gasteiger partial charge in [0.1, 0.15) is 0 Å². The third-order valence-electron chi connectivity index (χ3n) is 2.52. The maximum Gasteiger partial charge on any atom is 0.416 e. The van der Waals surface area contributed by atoms with Crippen LogP contribution in [0.4, 0.5) is 13.2 Å². The molecule has 0 aromatic carbocycles. The van der Waals surface area contributed by atoms with Crippen LogP contribution in [0.3, 0.4) is 0 Å². The molecule has 0 amide bonds. The summed E-state index contributed by atoms with van der Waals surface area (Å²) in [6.45, 7) is 3.89. The molecule has 0 bridgehead atoms. The van der Waals surface area contributed by atoms with Gasteiger partial charge in [-0.15, -0.1) is 0 Å². The van der Waals surface area contributed by atoms with E-state index in [9.17, 15) is 13.2 Å². The van der Waals surface area contributed by atoms with Gasteiger partial charge in [-0.2, -0.15) is 13.2 Å². The quantitative estimate of drug-likeness (QED) is 0.447. The van der Waals surface area contributed by atoms with Gasteiger partial charge in [-0.3, -0.25) is 0 Å². The third kappa shape index (κ3) is 9.25. The highest BCUT2D eigenvalue weighted by Crippen LogP contribution is 2.21. The van der Waals surface area contributed by atoms with Crippen LogP contribution in [0.25, 0.3) is 0 Å². The van der Waals surface area contributed by atoms with E-state index in [2.05, 4.69) is 4.74 Å². The second kappa shape index (κ2) is 9.17. The summed E-state index contributed by atoms with van der Waals surface area (Å²) in [5.41, 5.74) is 0. The van der Waals surface area contributed by atoms with Crippen LogP contribution in [0, 0.1) is 0 Å². The van der Waals surface area contributed by atoms with Gasteiger partial charge in [0.15, 0.2) is 0 Å². The Balaban J connectivity index is 4.45. The lowest BCUT2D eigenvalue weighted by Crippen LogP contribution is -2.19. The predicted molar refractivity (Wildman–Crippen MR) is 67.4 cm³/mol. The summed E-state index contributed by atoms with van der Waals surface area (Å²) in [7, 11) is 1.19. The molecule has 0 fully saturated rings.